The van der Waals surface area contributed by atoms with Gasteiger partial charge in [0.2, 0.25) is 0 Å². The standard InChI is InChI=1S/C20H26N2O4S/c1-14-7-9-18(12-16(14)3)22-27(24,25)19-13-17(8-6-15(19)2)20(23)21-10-5-11-26-4/h6-9,12-13,22H,5,10-11H2,1-4H3,(H,21,23). The maximum atomic E-state index is 12.8. The monoisotopic (exact) mass is 390 g/mol. The van der Waals surface area contributed by atoms with E-state index < -0.39 is 10.0 Å². The summed E-state index contributed by atoms with van der Waals surface area (Å²) in [7, 11) is -2.21. The minimum atomic E-state index is -3.81. The summed E-state index contributed by atoms with van der Waals surface area (Å²) in [6, 6.07) is 10.0. The van der Waals surface area contributed by atoms with E-state index >= 15 is 0 Å². The van der Waals surface area contributed by atoms with E-state index in [1.54, 1.807) is 38.3 Å². The van der Waals surface area contributed by atoms with Crippen molar-refractivity contribution in [3.63, 3.8) is 0 Å². The topological polar surface area (TPSA) is 84.5 Å². The van der Waals surface area contributed by atoms with Crippen molar-refractivity contribution in [1.29, 1.82) is 0 Å². The summed E-state index contributed by atoms with van der Waals surface area (Å²) in [5, 5.41) is 2.76. The van der Waals surface area contributed by atoms with Gasteiger partial charge in [-0.25, -0.2) is 8.42 Å². The lowest BCUT2D eigenvalue weighted by atomic mass is 10.1. The molecule has 146 valence electrons. The summed E-state index contributed by atoms with van der Waals surface area (Å²) >= 11 is 0. The number of nitrogens with one attached hydrogen (secondary N) is 2. The number of hydrogen-bond donors (Lipinski definition) is 2. The SMILES string of the molecule is COCCCNC(=O)c1ccc(C)c(S(=O)(=O)Nc2ccc(C)c(C)c2)c1. The quantitative estimate of drug-likeness (QED) is 0.678. The molecule has 0 aromatic heterocycles. The fraction of sp³-hybridized carbons (Fsp3) is 0.350. The van der Waals surface area contributed by atoms with Crippen molar-refractivity contribution < 1.29 is 17.9 Å². The molecule has 1 amide bonds. The zero-order chi connectivity index (χ0) is 20.0. The molecule has 0 radical (unpaired) electrons. The van der Waals surface area contributed by atoms with Crippen LogP contribution in [-0.4, -0.2) is 34.6 Å². The van der Waals surface area contributed by atoms with Crippen LogP contribution in [0.25, 0.3) is 0 Å². The maximum absolute atomic E-state index is 12.8. The van der Waals surface area contributed by atoms with Gasteiger partial charge in [0.05, 0.1) is 4.90 Å². The van der Waals surface area contributed by atoms with Crippen LogP contribution in [0.1, 0.15) is 33.5 Å². The number of amides is 1. The van der Waals surface area contributed by atoms with E-state index in [1.807, 2.05) is 19.9 Å². The lowest BCUT2D eigenvalue weighted by molar-refractivity contribution is 0.0948. The lowest BCUT2D eigenvalue weighted by Gasteiger charge is -2.13. The molecule has 27 heavy (non-hydrogen) atoms. The molecule has 0 atom stereocenters. The molecule has 0 fully saturated rings. The highest BCUT2D eigenvalue weighted by atomic mass is 32.2. The summed E-state index contributed by atoms with van der Waals surface area (Å²) in [4.78, 5) is 12.4. The van der Waals surface area contributed by atoms with E-state index in [0.29, 0.717) is 36.4 Å². The Morgan fingerprint density at radius 3 is 2.37 bits per heavy atom. The van der Waals surface area contributed by atoms with Crippen LogP contribution >= 0.6 is 0 Å². The molecular weight excluding hydrogens is 364 g/mol. The largest absolute Gasteiger partial charge is 0.385 e. The Kier molecular flexibility index (Phi) is 6.98. The van der Waals surface area contributed by atoms with Crippen LogP contribution in [0.2, 0.25) is 0 Å². The van der Waals surface area contributed by atoms with Crippen LogP contribution in [0.5, 0.6) is 0 Å². The van der Waals surface area contributed by atoms with Gasteiger partial charge < -0.3 is 10.1 Å². The highest BCUT2D eigenvalue weighted by Crippen LogP contribution is 2.22. The normalized spacial score (nSPS) is 11.3. The van der Waals surface area contributed by atoms with Crippen molar-refractivity contribution in [2.45, 2.75) is 32.1 Å². The Hall–Kier alpha value is -2.38. The van der Waals surface area contributed by atoms with Crippen molar-refractivity contribution in [1.82, 2.24) is 5.32 Å². The number of carbonyl (C=O) groups excluding carboxylic acids is 1. The molecule has 0 spiro atoms. The molecule has 0 bridgehead atoms. The molecule has 2 rings (SSSR count). The molecule has 6 nitrogen and oxygen atoms in total. The molecule has 0 saturated heterocycles. The van der Waals surface area contributed by atoms with E-state index in [1.165, 1.54) is 6.07 Å². The van der Waals surface area contributed by atoms with E-state index in [0.717, 1.165) is 11.1 Å². The van der Waals surface area contributed by atoms with Gasteiger partial charge in [0.25, 0.3) is 15.9 Å². The van der Waals surface area contributed by atoms with Gasteiger partial charge in [-0.3, -0.25) is 9.52 Å². The second-order valence-corrected chi connectivity index (χ2v) is 8.14. The Morgan fingerprint density at radius 1 is 1.00 bits per heavy atom. The molecule has 2 N–H and O–H groups in total. The van der Waals surface area contributed by atoms with Crippen molar-refractivity contribution in [3.05, 3.63) is 58.7 Å². The molecule has 0 aliphatic heterocycles. The van der Waals surface area contributed by atoms with Gasteiger partial charge in [-0.1, -0.05) is 12.1 Å². The molecule has 0 saturated carbocycles. The fourth-order valence-corrected chi connectivity index (χ4v) is 3.89. The van der Waals surface area contributed by atoms with Gasteiger partial charge in [0, 0.05) is 31.5 Å². The van der Waals surface area contributed by atoms with Crippen LogP contribution in [0.15, 0.2) is 41.3 Å². The van der Waals surface area contributed by atoms with Crippen molar-refractivity contribution >= 4 is 21.6 Å². The molecule has 7 heteroatoms. The zero-order valence-electron chi connectivity index (χ0n) is 16.1. The number of sulfonamides is 1. The Labute approximate surface area is 161 Å². The van der Waals surface area contributed by atoms with Crippen LogP contribution in [0.4, 0.5) is 5.69 Å². The second-order valence-electron chi connectivity index (χ2n) is 6.49. The van der Waals surface area contributed by atoms with Crippen LogP contribution in [-0.2, 0) is 14.8 Å². The van der Waals surface area contributed by atoms with E-state index in [9.17, 15) is 13.2 Å². The lowest BCUT2D eigenvalue weighted by Crippen LogP contribution is -2.25. The minimum absolute atomic E-state index is 0.0882. The van der Waals surface area contributed by atoms with E-state index in [2.05, 4.69) is 10.0 Å². The summed E-state index contributed by atoms with van der Waals surface area (Å²) in [5.41, 5.74) is 3.45. The number of aryl methyl sites for hydroxylation is 3. The van der Waals surface area contributed by atoms with Gasteiger partial charge in [0.15, 0.2) is 0 Å². The van der Waals surface area contributed by atoms with Gasteiger partial charge in [0.1, 0.15) is 0 Å². The third kappa shape index (κ3) is 5.55. The first-order chi connectivity index (χ1) is 12.7. The molecule has 0 heterocycles. The average Bonchev–Trinajstić information content (AvgIpc) is 2.61. The third-order valence-corrected chi connectivity index (χ3v) is 5.83. The van der Waals surface area contributed by atoms with Gasteiger partial charge >= 0.3 is 0 Å². The second kappa shape index (κ2) is 9.01. The first-order valence-corrected chi connectivity index (χ1v) is 10.2. The molecule has 0 aliphatic carbocycles. The third-order valence-electron chi connectivity index (χ3n) is 4.31. The van der Waals surface area contributed by atoms with Crippen molar-refractivity contribution in [2.75, 3.05) is 25.0 Å². The maximum Gasteiger partial charge on any atom is 0.262 e. The van der Waals surface area contributed by atoms with Gasteiger partial charge in [-0.2, -0.15) is 0 Å². The number of hydrogen-bond acceptors (Lipinski definition) is 4. The Morgan fingerprint density at radius 2 is 1.70 bits per heavy atom. The first-order valence-electron chi connectivity index (χ1n) is 8.72. The summed E-state index contributed by atoms with van der Waals surface area (Å²) < 4.78 is 33.2. The highest BCUT2D eigenvalue weighted by molar-refractivity contribution is 7.92. The molecule has 0 aliphatic rings. The summed E-state index contributed by atoms with van der Waals surface area (Å²) in [5.74, 6) is -0.311. The predicted molar refractivity (Wildman–Crippen MR) is 107 cm³/mol. The zero-order valence-corrected chi connectivity index (χ0v) is 16.9. The minimum Gasteiger partial charge on any atom is -0.385 e. The number of methoxy groups -OCH3 is 1. The van der Waals surface area contributed by atoms with Crippen LogP contribution in [0.3, 0.4) is 0 Å². The number of carbonyl (C=O) groups is 1. The van der Waals surface area contributed by atoms with E-state index in [4.69, 9.17) is 4.74 Å². The number of rotatable bonds is 8. The summed E-state index contributed by atoms with van der Waals surface area (Å²) in [6.07, 6.45) is 0.688. The highest BCUT2D eigenvalue weighted by Gasteiger charge is 2.19. The van der Waals surface area contributed by atoms with Crippen LogP contribution in [0, 0.1) is 20.8 Å². The van der Waals surface area contributed by atoms with Gasteiger partial charge in [-0.05, 0) is 68.1 Å². The Bertz CT molecular complexity index is 924. The number of anilines is 1. The average molecular weight is 391 g/mol. The van der Waals surface area contributed by atoms with Crippen molar-refractivity contribution in [2.24, 2.45) is 0 Å². The van der Waals surface area contributed by atoms with Gasteiger partial charge in [-0.15, -0.1) is 0 Å². The smallest absolute Gasteiger partial charge is 0.262 e. The van der Waals surface area contributed by atoms with E-state index in [-0.39, 0.29) is 10.8 Å². The molecule has 0 unspecified atom stereocenters. The predicted octanol–water partition coefficient (Wildman–Crippen LogP) is 3.18. The summed E-state index contributed by atoms with van der Waals surface area (Å²) in [6.45, 7) is 6.60. The first kappa shape index (κ1) is 20.9. The molecule has 2 aromatic rings. The number of ether oxygens (including phenoxy) is 1. The van der Waals surface area contributed by atoms with Crippen molar-refractivity contribution in [3.8, 4) is 0 Å². The number of benzene rings is 2. The Balaban J connectivity index is 2.22. The van der Waals surface area contributed by atoms with Crippen LogP contribution < -0.4 is 10.0 Å². The molecular formula is C20H26N2O4S. The fourth-order valence-electron chi connectivity index (χ4n) is 2.57. The molecule has 2 aromatic carbocycles.